The summed E-state index contributed by atoms with van der Waals surface area (Å²) in [6, 6.07) is 7.41. The van der Waals surface area contributed by atoms with Gasteiger partial charge in [0.1, 0.15) is 23.4 Å². The van der Waals surface area contributed by atoms with Crippen molar-refractivity contribution >= 4 is 6.29 Å². The van der Waals surface area contributed by atoms with E-state index in [9.17, 15) is 9.90 Å². The molecule has 23 heavy (non-hydrogen) atoms. The molecule has 1 aromatic carbocycles. The molecule has 3 rings (SSSR count). The Kier molecular flexibility index (Phi) is 3.78. The van der Waals surface area contributed by atoms with Crippen LogP contribution in [0.2, 0.25) is 0 Å². The molecule has 1 unspecified atom stereocenters. The van der Waals surface area contributed by atoms with Gasteiger partial charge in [-0.05, 0) is 25.5 Å². The van der Waals surface area contributed by atoms with Gasteiger partial charge in [0.05, 0.1) is 18.2 Å². The SMILES string of the molecule is COc1ccccc1-n1nc(C2(C=O)C=CC=CC2)c(O)c1C. The van der Waals surface area contributed by atoms with Gasteiger partial charge in [0.2, 0.25) is 0 Å². The van der Waals surface area contributed by atoms with E-state index < -0.39 is 5.41 Å². The highest BCUT2D eigenvalue weighted by Crippen LogP contribution is 2.38. The van der Waals surface area contributed by atoms with E-state index in [0.717, 1.165) is 6.29 Å². The van der Waals surface area contributed by atoms with Crippen molar-refractivity contribution in [3.8, 4) is 17.2 Å². The van der Waals surface area contributed by atoms with Crippen molar-refractivity contribution in [2.24, 2.45) is 0 Å². The zero-order chi connectivity index (χ0) is 16.4. The van der Waals surface area contributed by atoms with E-state index in [0.29, 0.717) is 29.2 Å². The fourth-order valence-corrected chi connectivity index (χ4v) is 2.80. The predicted octanol–water partition coefficient (Wildman–Crippen LogP) is 2.85. The first-order valence-electron chi connectivity index (χ1n) is 7.36. The number of benzene rings is 1. The number of nitrogens with zero attached hydrogens (tertiary/aromatic N) is 2. The third kappa shape index (κ3) is 2.34. The van der Waals surface area contributed by atoms with Crippen molar-refractivity contribution < 1.29 is 14.6 Å². The molecule has 0 fully saturated rings. The van der Waals surface area contributed by atoms with Crippen molar-refractivity contribution in [3.63, 3.8) is 0 Å². The van der Waals surface area contributed by atoms with Crippen LogP contribution in [0.3, 0.4) is 0 Å². The first-order chi connectivity index (χ1) is 11.1. The molecule has 1 heterocycles. The summed E-state index contributed by atoms with van der Waals surface area (Å²) in [6.45, 7) is 1.76. The Morgan fingerprint density at radius 3 is 2.78 bits per heavy atom. The van der Waals surface area contributed by atoms with Gasteiger partial charge >= 0.3 is 0 Å². The number of aromatic nitrogens is 2. The molecule has 0 amide bonds. The maximum Gasteiger partial charge on any atom is 0.161 e. The predicted molar refractivity (Wildman–Crippen MR) is 87.2 cm³/mol. The Bertz CT molecular complexity index is 805. The molecule has 5 nitrogen and oxygen atoms in total. The molecule has 1 aliphatic carbocycles. The van der Waals surface area contributed by atoms with Gasteiger partial charge in [-0.1, -0.05) is 36.4 Å². The molecule has 0 spiro atoms. The molecule has 0 bridgehead atoms. The van der Waals surface area contributed by atoms with Crippen molar-refractivity contribution in [2.45, 2.75) is 18.8 Å². The number of para-hydroxylation sites is 2. The van der Waals surface area contributed by atoms with Crippen LogP contribution in [0.4, 0.5) is 0 Å². The van der Waals surface area contributed by atoms with E-state index in [1.807, 2.05) is 36.4 Å². The van der Waals surface area contributed by atoms with Crippen molar-refractivity contribution in [3.05, 3.63) is 60.0 Å². The summed E-state index contributed by atoms with van der Waals surface area (Å²) >= 11 is 0. The average Bonchev–Trinajstić information content (AvgIpc) is 2.91. The van der Waals surface area contributed by atoms with Gasteiger partial charge in [0.15, 0.2) is 5.75 Å². The summed E-state index contributed by atoms with van der Waals surface area (Å²) in [6.07, 6.45) is 8.65. The highest BCUT2D eigenvalue weighted by molar-refractivity contribution is 5.74. The summed E-state index contributed by atoms with van der Waals surface area (Å²) in [7, 11) is 1.58. The normalized spacial score (nSPS) is 19.7. The zero-order valence-corrected chi connectivity index (χ0v) is 13.1. The lowest BCUT2D eigenvalue weighted by Gasteiger charge is -2.22. The number of ether oxygens (including phenoxy) is 1. The molecular weight excluding hydrogens is 292 g/mol. The molecule has 118 valence electrons. The summed E-state index contributed by atoms with van der Waals surface area (Å²) in [5.74, 6) is 0.673. The summed E-state index contributed by atoms with van der Waals surface area (Å²) < 4.78 is 6.98. The molecule has 0 saturated heterocycles. The highest BCUT2D eigenvalue weighted by Gasteiger charge is 2.36. The molecule has 5 heteroatoms. The highest BCUT2D eigenvalue weighted by atomic mass is 16.5. The minimum absolute atomic E-state index is 0.0305. The fourth-order valence-electron chi connectivity index (χ4n) is 2.80. The number of aldehydes is 1. The minimum Gasteiger partial charge on any atom is -0.504 e. The summed E-state index contributed by atoms with van der Waals surface area (Å²) in [4.78, 5) is 11.7. The molecular formula is C18H18N2O3. The molecule has 1 aliphatic rings. The third-order valence-corrected chi connectivity index (χ3v) is 4.15. The van der Waals surface area contributed by atoms with Crippen LogP contribution in [0.5, 0.6) is 11.5 Å². The van der Waals surface area contributed by atoms with Crippen LogP contribution in [0.25, 0.3) is 5.69 Å². The number of hydrogen-bond donors (Lipinski definition) is 1. The summed E-state index contributed by atoms with van der Waals surface area (Å²) in [5, 5.41) is 15.1. The number of carbonyl (C=O) groups is 1. The van der Waals surface area contributed by atoms with Crippen molar-refractivity contribution in [2.75, 3.05) is 7.11 Å². The Balaban J connectivity index is 2.18. The minimum atomic E-state index is -0.934. The van der Waals surface area contributed by atoms with Crippen LogP contribution in [0, 0.1) is 6.92 Å². The van der Waals surface area contributed by atoms with Gasteiger partial charge in [0.25, 0.3) is 0 Å². The Morgan fingerprint density at radius 2 is 2.13 bits per heavy atom. The van der Waals surface area contributed by atoms with Gasteiger partial charge in [-0.25, -0.2) is 4.68 Å². The van der Waals surface area contributed by atoms with Gasteiger partial charge in [-0.15, -0.1) is 0 Å². The van der Waals surface area contributed by atoms with E-state index >= 15 is 0 Å². The zero-order valence-electron chi connectivity index (χ0n) is 13.1. The monoisotopic (exact) mass is 310 g/mol. The van der Waals surface area contributed by atoms with Gasteiger partial charge in [-0.2, -0.15) is 5.10 Å². The third-order valence-electron chi connectivity index (χ3n) is 4.15. The maximum atomic E-state index is 11.7. The standard InChI is InChI=1S/C18H18N2O3/c1-13-16(22)17(18(12-21)10-6-3-7-11-18)19-20(13)14-8-4-5-9-15(14)23-2/h3-10,12,22H,11H2,1-2H3. The number of methoxy groups -OCH3 is 1. The molecule has 0 saturated carbocycles. The van der Waals surface area contributed by atoms with Crippen LogP contribution in [-0.2, 0) is 10.2 Å². The van der Waals surface area contributed by atoms with Crippen LogP contribution in [0.15, 0.2) is 48.6 Å². The van der Waals surface area contributed by atoms with Crippen LogP contribution >= 0.6 is 0 Å². The maximum absolute atomic E-state index is 11.7. The Morgan fingerprint density at radius 1 is 1.35 bits per heavy atom. The lowest BCUT2D eigenvalue weighted by atomic mass is 9.79. The van der Waals surface area contributed by atoms with Crippen molar-refractivity contribution in [1.29, 1.82) is 0 Å². The van der Waals surface area contributed by atoms with E-state index in [1.54, 1.807) is 30.9 Å². The smallest absolute Gasteiger partial charge is 0.161 e. The van der Waals surface area contributed by atoms with Crippen LogP contribution in [0.1, 0.15) is 17.8 Å². The molecule has 0 radical (unpaired) electrons. The van der Waals surface area contributed by atoms with E-state index in [2.05, 4.69) is 5.10 Å². The lowest BCUT2D eigenvalue weighted by molar-refractivity contribution is -0.111. The largest absolute Gasteiger partial charge is 0.504 e. The number of allylic oxidation sites excluding steroid dienone is 4. The summed E-state index contributed by atoms with van der Waals surface area (Å²) in [5.41, 5.74) is 0.701. The quantitative estimate of drug-likeness (QED) is 0.882. The number of carbonyl (C=O) groups excluding carboxylic acids is 1. The molecule has 0 aliphatic heterocycles. The van der Waals surface area contributed by atoms with Gasteiger partial charge in [0, 0.05) is 0 Å². The second-order valence-corrected chi connectivity index (χ2v) is 5.52. The second kappa shape index (κ2) is 5.76. The van der Waals surface area contributed by atoms with E-state index in [1.165, 1.54) is 0 Å². The number of rotatable bonds is 4. The van der Waals surface area contributed by atoms with E-state index in [-0.39, 0.29) is 5.75 Å². The first kappa shape index (κ1) is 15.1. The van der Waals surface area contributed by atoms with E-state index in [4.69, 9.17) is 4.74 Å². The Hall–Kier alpha value is -2.82. The fraction of sp³-hybridized carbons (Fsp3) is 0.222. The van der Waals surface area contributed by atoms with Crippen LogP contribution < -0.4 is 4.74 Å². The molecule has 1 atom stereocenters. The van der Waals surface area contributed by atoms with Gasteiger partial charge < -0.3 is 14.6 Å². The number of hydrogen-bond acceptors (Lipinski definition) is 4. The topological polar surface area (TPSA) is 64.4 Å². The lowest BCUT2D eigenvalue weighted by Crippen LogP contribution is -2.27. The van der Waals surface area contributed by atoms with Crippen molar-refractivity contribution in [1.82, 2.24) is 9.78 Å². The second-order valence-electron chi connectivity index (χ2n) is 5.52. The Labute approximate surface area is 134 Å². The van der Waals surface area contributed by atoms with Gasteiger partial charge in [-0.3, -0.25) is 0 Å². The number of aromatic hydroxyl groups is 1. The molecule has 1 N–H and O–H groups in total. The molecule has 2 aromatic rings. The molecule has 1 aromatic heterocycles. The first-order valence-corrected chi connectivity index (χ1v) is 7.36. The average molecular weight is 310 g/mol. The van der Waals surface area contributed by atoms with Crippen LogP contribution in [-0.4, -0.2) is 28.3 Å².